The summed E-state index contributed by atoms with van der Waals surface area (Å²) in [6, 6.07) is 8.91. The van der Waals surface area contributed by atoms with Crippen LogP contribution in [0.1, 0.15) is 16.9 Å². The van der Waals surface area contributed by atoms with Crippen LogP contribution < -0.4 is 4.90 Å². The number of thiophene rings is 1. The summed E-state index contributed by atoms with van der Waals surface area (Å²) in [5.74, 6) is 0. The third kappa shape index (κ3) is 2.88. The van der Waals surface area contributed by atoms with Gasteiger partial charge in [-0.1, -0.05) is 12.1 Å². The third-order valence-corrected chi connectivity index (χ3v) is 4.75. The van der Waals surface area contributed by atoms with Crippen LogP contribution in [0.5, 0.6) is 0 Å². The van der Waals surface area contributed by atoms with E-state index in [-0.39, 0.29) is 17.2 Å². The molecule has 1 N–H and O–H groups in total. The van der Waals surface area contributed by atoms with E-state index in [2.05, 4.69) is 17.5 Å². The van der Waals surface area contributed by atoms with Crippen molar-refractivity contribution in [3.05, 3.63) is 62.3 Å². The Morgan fingerprint density at radius 3 is 2.82 bits per heavy atom. The van der Waals surface area contributed by atoms with Crippen molar-refractivity contribution in [2.75, 3.05) is 18.0 Å². The molecule has 0 unspecified atom stereocenters. The van der Waals surface area contributed by atoms with E-state index in [1.807, 2.05) is 11.0 Å². The van der Waals surface area contributed by atoms with E-state index < -0.39 is 0 Å². The summed E-state index contributed by atoms with van der Waals surface area (Å²) in [4.78, 5) is 14.1. The standard InChI is InChI=1S/C16H16N2O3S/c19-11-12-3-4-14(18(20)21)15(10-12)17-7-5-13(6-8-17)16-2-1-9-22-16/h1-5,9-10,19H,6-8,11H2. The number of anilines is 1. The van der Waals surface area contributed by atoms with Gasteiger partial charge in [-0.25, -0.2) is 0 Å². The first-order valence-corrected chi connectivity index (χ1v) is 7.93. The number of nitrogens with zero attached hydrogens (tertiary/aromatic N) is 2. The molecule has 2 aromatic rings. The van der Waals surface area contributed by atoms with Crippen molar-refractivity contribution < 1.29 is 10.0 Å². The summed E-state index contributed by atoms with van der Waals surface area (Å²) in [6.45, 7) is 1.26. The molecule has 2 heterocycles. The van der Waals surface area contributed by atoms with Gasteiger partial charge in [0.15, 0.2) is 0 Å². The minimum Gasteiger partial charge on any atom is -0.392 e. The topological polar surface area (TPSA) is 66.6 Å². The maximum Gasteiger partial charge on any atom is 0.292 e. The van der Waals surface area contributed by atoms with Gasteiger partial charge >= 0.3 is 0 Å². The van der Waals surface area contributed by atoms with Gasteiger partial charge in [-0.05, 0) is 41.1 Å². The molecule has 0 radical (unpaired) electrons. The molecular formula is C16H16N2O3S. The second kappa shape index (κ2) is 6.29. The number of nitro benzene ring substituents is 1. The fraction of sp³-hybridized carbons (Fsp3) is 0.250. The summed E-state index contributed by atoms with van der Waals surface area (Å²) >= 11 is 1.71. The van der Waals surface area contributed by atoms with Gasteiger partial charge in [-0.15, -0.1) is 11.3 Å². The quantitative estimate of drug-likeness (QED) is 0.693. The summed E-state index contributed by atoms with van der Waals surface area (Å²) in [6.07, 6.45) is 2.99. The van der Waals surface area contributed by atoms with E-state index in [4.69, 9.17) is 0 Å². The molecule has 0 aliphatic carbocycles. The van der Waals surface area contributed by atoms with Crippen molar-refractivity contribution in [2.24, 2.45) is 0 Å². The normalized spacial score (nSPS) is 14.8. The number of rotatable bonds is 4. The maximum absolute atomic E-state index is 11.2. The van der Waals surface area contributed by atoms with Crippen molar-refractivity contribution in [3.8, 4) is 0 Å². The number of benzene rings is 1. The molecule has 0 saturated carbocycles. The summed E-state index contributed by atoms with van der Waals surface area (Å²) in [5, 5.41) is 22.5. The van der Waals surface area contributed by atoms with Gasteiger partial charge in [0.2, 0.25) is 0 Å². The van der Waals surface area contributed by atoms with Crippen LogP contribution in [0.4, 0.5) is 11.4 Å². The highest BCUT2D eigenvalue weighted by molar-refractivity contribution is 7.11. The van der Waals surface area contributed by atoms with Crippen LogP contribution in [0.15, 0.2) is 41.8 Å². The van der Waals surface area contributed by atoms with Crippen LogP contribution in [0.25, 0.3) is 5.57 Å². The van der Waals surface area contributed by atoms with Crippen LogP contribution in [0.2, 0.25) is 0 Å². The molecule has 0 spiro atoms. The Morgan fingerprint density at radius 2 is 2.23 bits per heavy atom. The predicted molar refractivity (Wildman–Crippen MR) is 88.1 cm³/mol. The molecule has 0 bridgehead atoms. The summed E-state index contributed by atoms with van der Waals surface area (Å²) < 4.78 is 0. The number of aliphatic hydroxyl groups is 1. The highest BCUT2D eigenvalue weighted by Gasteiger charge is 2.22. The fourth-order valence-electron chi connectivity index (χ4n) is 2.65. The van der Waals surface area contributed by atoms with Crippen LogP contribution in [0, 0.1) is 10.1 Å². The van der Waals surface area contributed by atoms with Gasteiger partial charge in [0.25, 0.3) is 5.69 Å². The first-order chi connectivity index (χ1) is 10.7. The first-order valence-electron chi connectivity index (χ1n) is 7.05. The van der Waals surface area contributed by atoms with Gasteiger partial charge < -0.3 is 10.0 Å². The fourth-order valence-corrected chi connectivity index (χ4v) is 3.45. The molecule has 3 rings (SSSR count). The third-order valence-electron chi connectivity index (χ3n) is 3.81. The van der Waals surface area contributed by atoms with E-state index in [9.17, 15) is 15.2 Å². The van der Waals surface area contributed by atoms with Crippen LogP contribution in [0.3, 0.4) is 0 Å². The molecule has 0 saturated heterocycles. The van der Waals surface area contributed by atoms with E-state index >= 15 is 0 Å². The second-order valence-corrected chi connectivity index (χ2v) is 6.09. The molecule has 1 aliphatic heterocycles. The smallest absolute Gasteiger partial charge is 0.292 e. The largest absolute Gasteiger partial charge is 0.392 e. The van der Waals surface area contributed by atoms with Crippen molar-refractivity contribution >= 4 is 28.3 Å². The predicted octanol–water partition coefficient (Wildman–Crippen LogP) is 3.44. The van der Waals surface area contributed by atoms with E-state index in [0.29, 0.717) is 17.8 Å². The molecule has 5 nitrogen and oxygen atoms in total. The Labute approximate surface area is 132 Å². The Bertz CT molecular complexity index is 710. The molecule has 0 atom stereocenters. The molecule has 1 aromatic carbocycles. The monoisotopic (exact) mass is 316 g/mol. The number of aliphatic hydroxyl groups excluding tert-OH is 1. The zero-order valence-corrected chi connectivity index (χ0v) is 12.8. The highest BCUT2D eigenvalue weighted by Crippen LogP contribution is 2.33. The van der Waals surface area contributed by atoms with Crippen LogP contribution in [-0.2, 0) is 6.61 Å². The molecular weight excluding hydrogens is 300 g/mol. The average Bonchev–Trinajstić information content (AvgIpc) is 3.09. The minimum absolute atomic E-state index is 0.0881. The van der Waals surface area contributed by atoms with Gasteiger partial charge in [-0.3, -0.25) is 10.1 Å². The van der Waals surface area contributed by atoms with Crippen molar-refractivity contribution in [2.45, 2.75) is 13.0 Å². The lowest BCUT2D eigenvalue weighted by atomic mass is 10.0. The zero-order chi connectivity index (χ0) is 15.5. The summed E-state index contributed by atoms with van der Waals surface area (Å²) in [7, 11) is 0. The number of hydrogen-bond donors (Lipinski definition) is 1. The Kier molecular flexibility index (Phi) is 4.22. The Balaban J connectivity index is 1.88. The van der Waals surface area contributed by atoms with Crippen LogP contribution >= 0.6 is 11.3 Å². The average molecular weight is 316 g/mol. The molecule has 0 amide bonds. The van der Waals surface area contributed by atoms with Gasteiger partial charge in [0.05, 0.1) is 11.5 Å². The van der Waals surface area contributed by atoms with Crippen molar-refractivity contribution in [1.29, 1.82) is 0 Å². The first kappa shape index (κ1) is 14.7. The Hall–Kier alpha value is -2.18. The lowest BCUT2D eigenvalue weighted by molar-refractivity contribution is -0.384. The lowest BCUT2D eigenvalue weighted by Gasteiger charge is -2.28. The van der Waals surface area contributed by atoms with Crippen LogP contribution in [-0.4, -0.2) is 23.1 Å². The number of hydrogen-bond acceptors (Lipinski definition) is 5. The van der Waals surface area contributed by atoms with Gasteiger partial charge in [0.1, 0.15) is 5.69 Å². The maximum atomic E-state index is 11.2. The minimum atomic E-state index is -0.366. The van der Waals surface area contributed by atoms with E-state index in [0.717, 1.165) is 13.0 Å². The number of nitro groups is 1. The van der Waals surface area contributed by atoms with Gasteiger partial charge in [0, 0.05) is 24.0 Å². The molecule has 22 heavy (non-hydrogen) atoms. The van der Waals surface area contributed by atoms with Crippen molar-refractivity contribution in [3.63, 3.8) is 0 Å². The molecule has 6 heteroatoms. The molecule has 0 fully saturated rings. The SMILES string of the molecule is O=[N+]([O-])c1ccc(CO)cc1N1CC=C(c2cccs2)CC1. The lowest BCUT2D eigenvalue weighted by Crippen LogP contribution is -2.28. The van der Waals surface area contributed by atoms with Gasteiger partial charge in [-0.2, -0.15) is 0 Å². The molecule has 1 aromatic heterocycles. The summed E-state index contributed by atoms with van der Waals surface area (Å²) in [5.41, 5.74) is 2.66. The molecule has 114 valence electrons. The Morgan fingerprint density at radius 1 is 1.36 bits per heavy atom. The molecule has 1 aliphatic rings. The zero-order valence-electron chi connectivity index (χ0n) is 11.9. The van der Waals surface area contributed by atoms with E-state index in [1.165, 1.54) is 16.5 Å². The van der Waals surface area contributed by atoms with E-state index in [1.54, 1.807) is 23.5 Å². The van der Waals surface area contributed by atoms with Crippen molar-refractivity contribution in [1.82, 2.24) is 0 Å². The second-order valence-electron chi connectivity index (χ2n) is 5.14. The highest BCUT2D eigenvalue weighted by atomic mass is 32.1.